The van der Waals surface area contributed by atoms with E-state index in [1.165, 1.54) is 17.0 Å². The number of morpholine rings is 1. The van der Waals surface area contributed by atoms with Crippen molar-refractivity contribution in [1.82, 2.24) is 19.3 Å². The quantitative estimate of drug-likeness (QED) is 0.701. The minimum absolute atomic E-state index is 0.0200. The van der Waals surface area contributed by atoms with E-state index >= 15 is 0 Å². The molecule has 3 aliphatic heterocycles. The van der Waals surface area contributed by atoms with Crippen LogP contribution < -0.4 is 0 Å². The van der Waals surface area contributed by atoms with Gasteiger partial charge in [-0.1, -0.05) is 0 Å². The van der Waals surface area contributed by atoms with Gasteiger partial charge in [-0.3, -0.25) is 14.5 Å². The van der Waals surface area contributed by atoms with Gasteiger partial charge in [0.25, 0.3) is 11.8 Å². The third-order valence-corrected chi connectivity index (χ3v) is 6.88. The molecule has 33 heavy (non-hydrogen) atoms. The lowest BCUT2D eigenvalue weighted by Crippen LogP contribution is -2.52. The zero-order valence-electron chi connectivity index (χ0n) is 18.3. The van der Waals surface area contributed by atoms with E-state index in [2.05, 4.69) is 4.90 Å². The Morgan fingerprint density at radius 2 is 1.76 bits per heavy atom. The van der Waals surface area contributed by atoms with E-state index in [0.29, 0.717) is 61.9 Å². The van der Waals surface area contributed by atoms with Gasteiger partial charge in [0.1, 0.15) is 12.2 Å². The number of nitrogens with zero attached hydrogens (tertiary/aromatic N) is 4. The molecule has 7 nitrogen and oxygen atoms in total. The maximum Gasteiger partial charge on any atom is 0.406 e. The van der Waals surface area contributed by atoms with Gasteiger partial charge in [-0.05, 0) is 43.7 Å². The number of rotatable bonds is 3. The lowest BCUT2D eigenvalue weighted by atomic mass is 10.1. The van der Waals surface area contributed by atoms with Gasteiger partial charge in [-0.2, -0.15) is 13.2 Å². The summed E-state index contributed by atoms with van der Waals surface area (Å²) in [5.41, 5.74) is 0.706. The highest BCUT2D eigenvalue weighted by Gasteiger charge is 2.34. The van der Waals surface area contributed by atoms with Crippen molar-refractivity contribution in [2.45, 2.75) is 31.6 Å². The van der Waals surface area contributed by atoms with Crippen molar-refractivity contribution >= 4 is 22.7 Å². The molecule has 2 aromatic rings. The van der Waals surface area contributed by atoms with Crippen molar-refractivity contribution in [1.29, 1.82) is 0 Å². The first kappa shape index (κ1) is 22.2. The predicted octanol–water partition coefficient (Wildman–Crippen LogP) is 2.60. The topological polar surface area (TPSA) is 58.0 Å². The number of alkyl halides is 3. The van der Waals surface area contributed by atoms with Gasteiger partial charge in [0.15, 0.2) is 0 Å². The van der Waals surface area contributed by atoms with Gasteiger partial charge in [0, 0.05) is 55.2 Å². The molecule has 4 heterocycles. The lowest BCUT2D eigenvalue weighted by molar-refractivity contribution is -0.140. The number of halogens is 3. The minimum atomic E-state index is -4.48. The van der Waals surface area contributed by atoms with E-state index in [-0.39, 0.29) is 11.6 Å². The van der Waals surface area contributed by atoms with Crippen LogP contribution in [0.5, 0.6) is 0 Å². The van der Waals surface area contributed by atoms with Gasteiger partial charge in [-0.25, -0.2) is 0 Å². The molecule has 1 aromatic heterocycles. The Morgan fingerprint density at radius 3 is 2.52 bits per heavy atom. The van der Waals surface area contributed by atoms with Crippen molar-refractivity contribution in [3.8, 4) is 0 Å². The molecule has 0 saturated carbocycles. The van der Waals surface area contributed by atoms with Crippen LogP contribution in [0.1, 0.15) is 33.7 Å². The van der Waals surface area contributed by atoms with E-state index in [9.17, 15) is 22.8 Å². The van der Waals surface area contributed by atoms with Gasteiger partial charge in [0.2, 0.25) is 0 Å². The number of carbonyl (C=O) groups is 2. The summed E-state index contributed by atoms with van der Waals surface area (Å²) in [6.45, 7) is 3.36. The molecule has 3 fully saturated rings. The normalized spacial score (nSPS) is 22.1. The maximum absolute atomic E-state index is 13.4. The fourth-order valence-electron chi connectivity index (χ4n) is 5.22. The molecule has 0 aliphatic carbocycles. The number of piperazine rings is 1. The van der Waals surface area contributed by atoms with Crippen LogP contribution in [0.4, 0.5) is 13.2 Å². The van der Waals surface area contributed by atoms with Crippen molar-refractivity contribution in [2.75, 3.05) is 52.5 Å². The van der Waals surface area contributed by atoms with Crippen LogP contribution in [0.3, 0.4) is 0 Å². The summed E-state index contributed by atoms with van der Waals surface area (Å²) >= 11 is 0. The third kappa shape index (κ3) is 4.46. The second-order valence-corrected chi connectivity index (χ2v) is 8.99. The second-order valence-electron chi connectivity index (χ2n) is 8.99. The smallest absolute Gasteiger partial charge is 0.378 e. The SMILES string of the molecule is O=C(c1ccc2c(c1)cc(C(=O)N1CCOCC1)n2CC(F)(F)F)N1CCN2CCCC2C1. The van der Waals surface area contributed by atoms with E-state index in [1.807, 2.05) is 4.90 Å². The second kappa shape index (κ2) is 8.64. The number of benzene rings is 1. The molecule has 1 unspecified atom stereocenters. The molecule has 0 N–H and O–H groups in total. The average molecular weight is 464 g/mol. The van der Waals surface area contributed by atoms with Crippen LogP contribution in [0, 0.1) is 0 Å². The molecule has 0 spiro atoms. The van der Waals surface area contributed by atoms with Gasteiger partial charge < -0.3 is 19.1 Å². The molecular formula is C23H27F3N4O3. The average Bonchev–Trinajstić information content (AvgIpc) is 3.41. The molecule has 0 bridgehead atoms. The molecule has 178 valence electrons. The molecular weight excluding hydrogens is 437 g/mol. The van der Waals surface area contributed by atoms with Crippen molar-refractivity contribution < 1.29 is 27.5 Å². The summed E-state index contributed by atoms with van der Waals surface area (Å²) in [6, 6.07) is 6.57. The summed E-state index contributed by atoms with van der Waals surface area (Å²) in [5, 5.41) is 0.459. The Labute approximate surface area is 189 Å². The molecule has 3 saturated heterocycles. The lowest BCUT2D eigenvalue weighted by Gasteiger charge is -2.37. The number of fused-ring (bicyclic) bond motifs is 2. The highest BCUT2D eigenvalue weighted by Crippen LogP contribution is 2.29. The first-order valence-electron chi connectivity index (χ1n) is 11.4. The summed E-state index contributed by atoms with van der Waals surface area (Å²) in [4.78, 5) is 32.0. The summed E-state index contributed by atoms with van der Waals surface area (Å²) < 4.78 is 46.3. The van der Waals surface area contributed by atoms with Crippen molar-refractivity contribution in [3.63, 3.8) is 0 Å². The zero-order chi connectivity index (χ0) is 23.2. The first-order valence-corrected chi connectivity index (χ1v) is 11.4. The number of carbonyl (C=O) groups excluding carboxylic acids is 2. The number of hydrogen-bond acceptors (Lipinski definition) is 4. The molecule has 1 atom stereocenters. The minimum Gasteiger partial charge on any atom is -0.378 e. The standard InChI is InChI=1S/C23H27F3N4O3/c24-23(25,26)15-30-19-4-3-16(21(31)29-7-6-27-5-1-2-18(27)14-29)12-17(19)13-20(30)22(32)28-8-10-33-11-9-28/h3-4,12-13,18H,1-2,5-11,14-15H2. The molecule has 2 amide bonds. The predicted molar refractivity (Wildman–Crippen MR) is 115 cm³/mol. The van der Waals surface area contributed by atoms with E-state index in [0.717, 1.165) is 30.5 Å². The number of aromatic nitrogens is 1. The Bertz CT molecular complexity index is 1060. The first-order chi connectivity index (χ1) is 15.8. The van der Waals surface area contributed by atoms with Crippen molar-refractivity contribution in [2.24, 2.45) is 0 Å². The molecule has 5 rings (SSSR count). The number of amides is 2. The summed E-state index contributed by atoms with van der Waals surface area (Å²) in [6.07, 6.45) is -2.26. The number of hydrogen-bond donors (Lipinski definition) is 0. The van der Waals surface area contributed by atoms with E-state index in [1.54, 1.807) is 12.1 Å². The highest BCUT2D eigenvalue weighted by molar-refractivity contribution is 6.02. The van der Waals surface area contributed by atoms with Crippen LogP contribution in [0.2, 0.25) is 0 Å². The molecule has 10 heteroatoms. The molecule has 3 aliphatic rings. The largest absolute Gasteiger partial charge is 0.406 e. The molecule has 1 aromatic carbocycles. The van der Waals surface area contributed by atoms with Gasteiger partial charge in [0.05, 0.1) is 13.2 Å². The van der Waals surface area contributed by atoms with E-state index < -0.39 is 18.6 Å². The Kier molecular flexibility index (Phi) is 5.82. The highest BCUT2D eigenvalue weighted by atomic mass is 19.4. The Hall–Kier alpha value is -2.59. The van der Waals surface area contributed by atoms with Crippen LogP contribution >= 0.6 is 0 Å². The van der Waals surface area contributed by atoms with E-state index in [4.69, 9.17) is 4.74 Å². The van der Waals surface area contributed by atoms with Gasteiger partial charge >= 0.3 is 6.18 Å². The van der Waals surface area contributed by atoms with Crippen LogP contribution in [0.15, 0.2) is 24.3 Å². The van der Waals surface area contributed by atoms with Gasteiger partial charge in [-0.15, -0.1) is 0 Å². The fraction of sp³-hybridized carbons (Fsp3) is 0.565. The Balaban J connectivity index is 1.46. The van der Waals surface area contributed by atoms with Crippen molar-refractivity contribution in [3.05, 3.63) is 35.5 Å². The van der Waals surface area contributed by atoms with Crippen LogP contribution in [-0.4, -0.2) is 95.8 Å². The Morgan fingerprint density at radius 1 is 0.970 bits per heavy atom. The zero-order valence-corrected chi connectivity index (χ0v) is 18.3. The summed E-state index contributed by atoms with van der Waals surface area (Å²) in [7, 11) is 0. The molecule has 0 radical (unpaired) electrons. The third-order valence-electron chi connectivity index (χ3n) is 6.88. The van der Waals surface area contributed by atoms with Crippen LogP contribution in [0.25, 0.3) is 10.9 Å². The monoisotopic (exact) mass is 464 g/mol. The van der Waals surface area contributed by atoms with Crippen LogP contribution in [-0.2, 0) is 11.3 Å². The maximum atomic E-state index is 13.4. The number of ether oxygens (including phenoxy) is 1. The summed E-state index contributed by atoms with van der Waals surface area (Å²) in [5.74, 6) is -0.572. The fourth-order valence-corrected chi connectivity index (χ4v) is 5.22.